The fraction of sp³-hybridized carbons (Fsp3) is 0.318. The first-order valence-corrected chi connectivity index (χ1v) is 9.06. The number of ether oxygens (including phenoxy) is 1. The van der Waals surface area contributed by atoms with E-state index >= 15 is 0 Å². The van der Waals surface area contributed by atoms with Gasteiger partial charge in [0.25, 0.3) is 5.91 Å². The van der Waals surface area contributed by atoms with Crippen LogP contribution in [0, 0.1) is 5.41 Å². The smallest absolute Gasteiger partial charge is 0.277 e. The molecule has 0 saturated heterocycles. The fourth-order valence-corrected chi connectivity index (χ4v) is 3.35. The Hall–Kier alpha value is -2.95. The van der Waals surface area contributed by atoms with Crippen LogP contribution in [0.1, 0.15) is 33.1 Å². The van der Waals surface area contributed by atoms with E-state index in [-0.39, 0.29) is 23.7 Å². The van der Waals surface area contributed by atoms with Gasteiger partial charge in [0.05, 0.1) is 0 Å². The summed E-state index contributed by atoms with van der Waals surface area (Å²) in [5.41, 5.74) is 5.07. The van der Waals surface area contributed by atoms with Crippen LogP contribution in [-0.4, -0.2) is 24.0 Å². The number of carbonyl (C=O) groups excluding carboxylic acids is 2. The van der Waals surface area contributed by atoms with E-state index in [9.17, 15) is 9.59 Å². The number of carbonyl (C=O) groups is 2. The van der Waals surface area contributed by atoms with Crippen LogP contribution in [0.25, 0.3) is 11.1 Å². The van der Waals surface area contributed by atoms with Gasteiger partial charge in [-0.05, 0) is 23.5 Å². The van der Waals surface area contributed by atoms with Gasteiger partial charge in [-0.2, -0.15) is 5.10 Å². The summed E-state index contributed by atoms with van der Waals surface area (Å²) in [6, 6.07) is 17.5. The Labute approximate surface area is 159 Å². The molecule has 0 unspecified atom stereocenters. The molecule has 0 atom stereocenters. The lowest BCUT2D eigenvalue weighted by molar-refractivity contribution is -0.123. The molecule has 5 nitrogen and oxygen atoms in total. The second-order valence-electron chi connectivity index (χ2n) is 7.60. The van der Waals surface area contributed by atoms with Gasteiger partial charge in [-0.3, -0.25) is 9.59 Å². The van der Waals surface area contributed by atoms with E-state index in [1.807, 2.05) is 68.4 Å². The van der Waals surface area contributed by atoms with E-state index in [2.05, 4.69) is 10.5 Å². The Morgan fingerprint density at radius 2 is 1.78 bits per heavy atom. The van der Waals surface area contributed by atoms with Crippen molar-refractivity contribution < 1.29 is 14.3 Å². The highest BCUT2D eigenvalue weighted by Gasteiger charge is 2.30. The van der Waals surface area contributed by atoms with Crippen molar-refractivity contribution in [1.29, 1.82) is 0 Å². The van der Waals surface area contributed by atoms with E-state index in [1.165, 1.54) is 0 Å². The molecule has 0 aliphatic heterocycles. The number of Topliss-reactive ketones (excluding diaryl/α,β-unsaturated/α-hetero) is 1. The number of amides is 1. The molecule has 0 heterocycles. The number of nitrogens with one attached hydrogen (secondary N) is 1. The van der Waals surface area contributed by atoms with Crippen molar-refractivity contribution in [3.8, 4) is 16.9 Å². The van der Waals surface area contributed by atoms with Gasteiger partial charge < -0.3 is 4.74 Å². The van der Waals surface area contributed by atoms with Gasteiger partial charge in [0.1, 0.15) is 11.5 Å². The number of rotatable bonds is 5. The van der Waals surface area contributed by atoms with E-state index in [0.717, 1.165) is 11.1 Å². The van der Waals surface area contributed by atoms with Crippen LogP contribution >= 0.6 is 0 Å². The second-order valence-corrected chi connectivity index (χ2v) is 7.60. The second kappa shape index (κ2) is 8.16. The molecule has 1 fully saturated rings. The highest BCUT2D eigenvalue weighted by Crippen LogP contribution is 2.32. The van der Waals surface area contributed by atoms with Gasteiger partial charge >= 0.3 is 0 Å². The third-order valence-corrected chi connectivity index (χ3v) is 4.43. The van der Waals surface area contributed by atoms with Crippen molar-refractivity contribution in [2.75, 3.05) is 6.61 Å². The molecule has 2 aromatic rings. The van der Waals surface area contributed by atoms with E-state index in [1.54, 1.807) is 0 Å². The molecule has 3 rings (SSSR count). The van der Waals surface area contributed by atoms with Gasteiger partial charge in [-0.15, -0.1) is 0 Å². The van der Waals surface area contributed by atoms with Crippen LogP contribution < -0.4 is 10.2 Å². The molecule has 1 aliphatic carbocycles. The average molecular weight is 364 g/mol. The molecule has 1 N–H and O–H groups in total. The summed E-state index contributed by atoms with van der Waals surface area (Å²) >= 11 is 0. The van der Waals surface area contributed by atoms with Crippen LogP contribution in [0.4, 0.5) is 0 Å². The molecule has 5 heteroatoms. The quantitative estimate of drug-likeness (QED) is 0.816. The van der Waals surface area contributed by atoms with Gasteiger partial charge in [0.2, 0.25) is 0 Å². The lowest BCUT2D eigenvalue weighted by atomic mass is 9.76. The molecule has 0 spiro atoms. The number of para-hydroxylation sites is 1. The topological polar surface area (TPSA) is 67.8 Å². The number of hydrogen-bond acceptors (Lipinski definition) is 4. The lowest BCUT2D eigenvalue weighted by Crippen LogP contribution is -2.32. The summed E-state index contributed by atoms with van der Waals surface area (Å²) in [5.74, 6) is 0.453. The molecule has 1 aliphatic rings. The van der Waals surface area contributed by atoms with E-state index < -0.39 is 0 Å². The maximum absolute atomic E-state index is 12.1. The Balaban J connectivity index is 1.60. The molecular formula is C22H24N2O3. The summed E-state index contributed by atoms with van der Waals surface area (Å²) in [6.45, 7) is 3.92. The zero-order valence-corrected chi connectivity index (χ0v) is 15.7. The molecule has 1 saturated carbocycles. The monoisotopic (exact) mass is 364 g/mol. The SMILES string of the molecule is CC1(C)CC(=O)CC(=NNC(=O)COc2ccccc2-c2ccccc2)C1. The number of nitrogens with zero attached hydrogens (tertiary/aromatic N) is 1. The number of benzene rings is 2. The number of ketones is 1. The zero-order chi connectivity index (χ0) is 19.3. The Morgan fingerprint density at radius 3 is 2.52 bits per heavy atom. The highest BCUT2D eigenvalue weighted by molar-refractivity contribution is 6.05. The summed E-state index contributed by atoms with van der Waals surface area (Å²) in [6.07, 6.45) is 1.57. The number of hydrogen-bond donors (Lipinski definition) is 1. The highest BCUT2D eigenvalue weighted by atomic mass is 16.5. The Kier molecular flexibility index (Phi) is 5.69. The van der Waals surface area contributed by atoms with Gasteiger partial charge in [0.15, 0.2) is 6.61 Å². The molecule has 27 heavy (non-hydrogen) atoms. The average Bonchev–Trinajstić information content (AvgIpc) is 2.64. The molecule has 2 aromatic carbocycles. The molecule has 0 aromatic heterocycles. The summed E-state index contributed by atoms with van der Waals surface area (Å²) in [7, 11) is 0. The first-order chi connectivity index (χ1) is 12.9. The third-order valence-electron chi connectivity index (χ3n) is 4.43. The van der Waals surface area contributed by atoms with Gasteiger partial charge in [-0.1, -0.05) is 62.4 Å². The first-order valence-electron chi connectivity index (χ1n) is 9.06. The zero-order valence-electron chi connectivity index (χ0n) is 15.7. The summed E-state index contributed by atoms with van der Waals surface area (Å²) in [4.78, 5) is 23.9. The maximum atomic E-state index is 12.1. The van der Waals surface area contributed by atoms with Crippen LogP contribution in [0.5, 0.6) is 5.75 Å². The largest absolute Gasteiger partial charge is 0.483 e. The minimum absolute atomic E-state index is 0.107. The lowest BCUT2D eigenvalue weighted by Gasteiger charge is -2.28. The predicted octanol–water partition coefficient (Wildman–Crippen LogP) is 3.98. The van der Waals surface area contributed by atoms with Gasteiger partial charge in [-0.25, -0.2) is 5.43 Å². The van der Waals surface area contributed by atoms with Crippen molar-refractivity contribution in [3.05, 3.63) is 54.6 Å². The minimum atomic E-state index is -0.346. The number of hydrazone groups is 1. The Bertz CT molecular complexity index is 857. The molecule has 0 radical (unpaired) electrons. The van der Waals surface area contributed by atoms with Crippen molar-refractivity contribution in [1.82, 2.24) is 5.43 Å². The maximum Gasteiger partial charge on any atom is 0.277 e. The van der Waals surface area contributed by atoms with E-state index in [0.29, 0.717) is 30.7 Å². The minimum Gasteiger partial charge on any atom is -0.483 e. The molecule has 140 valence electrons. The first kappa shape index (κ1) is 18.8. The van der Waals surface area contributed by atoms with Crippen molar-refractivity contribution >= 4 is 17.4 Å². The molecule has 0 bridgehead atoms. The van der Waals surface area contributed by atoms with Crippen molar-refractivity contribution in [2.45, 2.75) is 33.1 Å². The van der Waals surface area contributed by atoms with Gasteiger partial charge in [0, 0.05) is 24.1 Å². The van der Waals surface area contributed by atoms with Crippen molar-refractivity contribution in [2.24, 2.45) is 10.5 Å². The molecule has 1 amide bonds. The predicted molar refractivity (Wildman–Crippen MR) is 106 cm³/mol. The van der Waals surface area contributed by atoms with E-state index in [4.69, 9.17) is 4.74 Å². The fourth-order valence-electron chi connectivity index (χ4n) is 3.35. The standard InChI is InChI=1S/C22H24N2O3/c1-22(2)13-17(12-18(25)14-22)23-24-21(26)15-27-20-11-7-6-10-19(20)16-8-4-3-5-9-16/h3-11H,12-15H2,1-2H3,(H,24,26). The normalized spacial score (nSPS) is 17.6. The van der Waals surface area contributed by atoms with Crippen LogP contribution in [0.2, 0.25) is 0 Å². The summed E-state index contributed by atoms with van der Waals surface area (Å²) in [5, 5.41) is 4.14. The molecular weight excluding hydrogens is 340 g/mol. The Morgan fingerprint density at radius 1 is 1.07 bits per heavy atom. The third kappa shape index (κ3) is 5.26. The van der Waals surface area contributed by atoms with Crippen molar-refractivity contribution in [3.63, 3.8) is 0 Å². The van der Waals surface area contributed by atoms with Crippen LogP contribution in [0.15, 0.2) is 59.7 Å². The van der Waals surface area contributed by atoms with Crippen LogP contribution in [0.3, 0.4) is 0 Å². The summed E-state index contributed by atoms with van der Waals surface area (Å²) < 4.78 is 5.71. The van der Waals surface area contributed by atoms with Crippen LogP contribution in [-0.2, 0) is 9.59 Å².